The number of nitrogens with zero attached hydrogens (tertiary/aromatic N) is 3. The van der Waals surface area contributed by atoms with E-state index in [0.717, 1.165) is 0 Å². The predicted octanol–water partition coefficient (Wildman–Crippen LogP) is 3.40. The summed E-state index contributed by atoms with van der Waals surface area (Å²) in [7, 11) is 0. The summed E-state index contributed by atoms with van der Waals surface area (Å²) in [6.45, 7) is 7.42. The highest BCUT2D eigenvalue weighted by Crippen LogP contribution is 2.36. The molecule has 26 heavy (non-hydrogen) atoms. The number of para-hydroxylation sites is 1. The summed E-state index contributed by atoms with van der Waals surface area (Å²) in [6, 6.07) is 8.14. The standard InChI is InChI=1S/C19H21ClN4O2/c1-12-10-15(25)23(13-8-6-5-7-9-13)17(18(26)22-19(2,3)4)16-14(20)11-21-24(12)16/h5-11,17H,1-4H3,(H,22,26). The number of carbonyl (C=O) groups is 2. The Morgan fingerprint density at radius 2 is 1.88 bits per heavy atom. The molecule has 2 aromatic rings. The largest absolute Gasteiger partial charge is 0.349 e. The fourth-order valence-corrected chi connectivity index (χ4v) is 3.20. The lowest BCUT2D eigenvalue weighted by molar-refractivity contribution is -0.126. The van der Waals surface area contributed by atoms with Crippen molar-refractivity contribution < 1.29 is 9.59 Å². The minimum Gasteiger partial charge on any atom is -0.349 e. The average molecular weight is 373 g/mol. The molecule has 136 valence electrons. The number of nitrogens with one attached hydrogen (secondary N) is 1. The minimum atomic E-state index is -0.937. The molecule has 1 atom stereocenters. The van der Waals surface area contributed by atoms with Gasteiger partial charge in [0.1, 0.15) is 0 Å². The van der Waals surface area contributed by atoms with E-state index in [1.54, 1.807) is 23.7 Å². The molecule has 2 heterocycles. The van der Waals surface area contributed by atoms with E-state index in [1.165, 1.54) is 17.2 Å². The van der Waals surface area contributed by atoms with Crippen LogP contribution in [0.3, 0.4) is 0 Å². The third kappa shape index (κ3) is 3.37. The molecule has 0 saturated heterocycles. The van der Waals surface area contributed by atoms with Crippen LogP contribution in [0.2, 0.25) is 5.02 Å². The van der Waals surface area contributed by atoms with Crippen LogP contribution >= 0.6 is 11.6 Å². The van der Waals surface area contributed by atoms with E-state index in [2.05, 4.69) is 10.4 Å². The number of rotatable bonds is 2. The van der Waals surface area contributed by atoms with E-state index < -0.39 is 11.6 Å². The van der Waals surface area contributed by atoms with Gasteiger partial charge in [0.25, 0.3) is 5.91 Å². The third-order valence-corrected chi connectivity index (χ3v) is 4.25. The van der Waals surface area contributed by atoms with Crippen molar-refractivity contribution in [2.24, 2.45) is 0 Å². The number of halogens is 1. The molecular formula is C19H21ClN4O2. The molecule has 0 aliphatic carbocycles. The van der Waals surface area contributed by atoms with E-state index in [4.69, 9.17) is 11.6 Å². The molecule has 1 N–H and O–H groups in total. The van der Waals surface area contributed by atoms with Crippen molar-refractivity contribution in [1.82, 2.24) is 15.1 Å². The van der Waals surface area contributed by atoms with Gasteiger partial charge in [0.05, 0.1) is 16.9 Å². The van der Waals surface area contributed by atoms with Crippen molar-refractivity contribution in [3.8, 4) is 0 Å². The van der Waals surface area contributed by atoms with Crippen molar-refractivity contribution in [2.75, 3.05) is 4.90 Å². The van der Waals surface area contributed by atoms with Gasteiger partial charge in [-0.1, -0.05) is 29.8 Å². The van der Waals surface area contributed by atoms with Gasteiger partial charge in [-0.2, -0.15) is 5.10 Å². The smallest absolute Gasteiger partial charge is 0.253 e. The second-order valence-corrected chi connectivity index (χ2v) is 7.67. The summed E-state index contributed by atoms with van der Waals surface area (Å²) in [5.74, 6) is -0.620. The number of allylic oxidation sites excluding steroid dienone is 1. The lowest BCUT2D eigenvalue weighted by Crippen LogP contribution is -2.49. The molecule has 1 aromatic heterocycles. The summed E-state index contributed by atoms with van der Waals surface area (Å²) in [5, 5.41) is 7.54. The molecule has 0 fully saturated rings. The first kappa shape index (κ1) is 18.2. The van der Waals surface area contributed by atoms with Crippen LogP contribution in [0.4, 0.5) is 5.69 Å². The van der Waals surface area contributed by atoms with Crippen LogP contribution in [0, 0.1) is 0 Å². The van der Waals surface area contributed by atoms with E-state index in [-0.39, 0.29) is 11.8 Å². The molecule has 1 aliphatic rings. The molecule has 0 spiro atoms. The number of anilines is 1. The van der Waals surface area contributed by atoms with Gasteiger partial charge in [0.2, 0.25) is 5.91 Å². The first-order valence-corrected chi connectivity index (χ1v) is 8.69. The van der Waals surface area contributed by atoms with Gasteiger partial charge >= 0.3 is 0 Å². The Labute approximate surface area is 157 Å². The van der Waals surface area contributed by atoms with Gasteiger partial charge in [-0.25, -0.2) is 4.68 Å². The number of benzene rings is 1. The number of fused-ring (bicyclic) bond motifs is 1. The summed E-state index contributed by atoms with van der Waals surface area (Å²) in [6.07, 6.45) is 2.95. The Morgan fingerprint density at radius 3 is 2.50 bits per heavy atom. The van der Waals surface area contributed by atoms with E-state index in [9.17, 15) is 9.59 Å². The van der Waals surface area contributed by atoms with Crippen LogP contribution < -0.4 is 10.2 Å². The zero-order chi connectivity index (χ0) is 19.1. The molecule has 0 bridgehead atoms. The van der Waals surface area contributed by atoms with E-state index in [1.807, 2.05) is 39.0 Å². The van der Waals surface area contributed by atoms with Crippen LogP contribution in [0.15, 0.2) is 42.6 Å². The van der Waals surface area contributed by atoms with Crippen molar-refractivity contribution in [1.29, 1.82) is 0 Å². The highest BCUT2D eigenvalue weighted by Gasteiger charge is 2.39. The molecule has 1 aromatic carbocycles. The Balaban J connectivity index is 2.21. The maximum Gasteiger partial charge on any atom is 0.253 e. The first-order valence-electron chi connectivity index (χ1n) is 8.31. The first-order chi connectivity index (χ1) is 12.2. The molecule has 7 heteroatoms. The van der Waals surface area contributed by atoms with Crippen molar-refractivity contribution in [3.05, 3.63) is 53.3 Å². The number of hydrogen-bond donors (Lipinski definition) is 1. The second-order valence-electron chi connectivity index (χ2n) is 7.26. The summed E-state index contributed by atoms with van der Waals surface area (Å²) >= 11 is 6.38. The second kappa shape index (κ2) is 6.61. The van der Waals surface area contributed by atoms with E-state index >= 15 is 0 Å². The van der Waals surface area contributed by atoms with Gasteiger partial charge in [-0.3, -0.25) is 14.5 Å². The normalized spacial score (nSPS) is 17.4. The number of amides is 2. The van der Waals surface area contributed by atoms with Gasteiger partial charge in [-0.15, -0.1) is 0 Å². The molecule has 3 rings (SSSR count). The number of aromatic nitrogens is 2. The SMILES string of the molecule is CC1=CC(=O)N(c2ccccc2)C(C(=O)NC(C)(C)C)c2c(Cl)cnn21. The summed E-state index contributed by atoms with van der Waals surface area (Å²) < 4.78 is 1.55. The molecule has 6 nitrogen and oxygen atoms in total. The summed E-state index contributed by atoms with van der Waals surface area (Å²) in [5.41, 5.74) is 1.22. The third-order valence-electron chi connectivity index (χ3n) is 3.96. The highest BCUT2D eigenvalue weighted by atomic mass is 35.5. The van der Waals surface area contributed by atoms with Gasteiger partial charge in [0, 0.05) is 23.0 Å². The predicted molar refractivity (Wildman–Crippen MR) is 102 cm³/mol. The lowest BCUT2D eigenvalue weighted by Gasteiger charge is -2.32. The van der Waals surface area contributed by atoms with Gasteiger partial charge < -0.3 is 5.32 Å². The van der Waals surface area contributed by atoms with Crippen molar-refractivity contribution in [2.45, 2.75) is 39.3 Å². The van der Waals surface area contributed by atoms with Crippen LogP contribution in [-0.2, 0) is 9.59 Å². The Morgan fingerprint density at radius 1 is 1.23 bits per heavy atom. The molecule has 2 amide bonds. The number of carbonyl (C=O) groups excluding carboxylic acids is 2. The van der Waals surface area contributed by atoms with Crippen molar-refractivity contribution >= 4 is 34.8 Å². The zero-order valence-electron chi connectivity index (χ0n) is 15.2. The quantitative estimate of drug-likeness (QED) is 0.878. The van der Waals surface area contributed by atoms with Gasteiger partial charge in [0.15, 0.2) is 6.04 Å². The average Bonchev–Trinajstić information content (AvgIpc) is 2.87. The van der Waals surface area contributed by atoms with E-state index in [0.29, 0.717) is 22.1 Å². The van der Waals surface area contributed by atoms with Crippen LogP contribution in [0.5, 0.6) is 0 Å². The fraction of sp³-hybridized carbons (Fsp3) is 0.316. The number of hydrogen-bond acceptors (Lipinski definition) is 3. The van der Waals surface area contributed by atoms with Crippen LogP contribution in [0.25, 0.3) is 5.70 Å². The van der Waals surface area contributed by atoms with Crippen LogP contribution in [-0.4, -0.2) is 27.1 Å². The topological polar surface area (TPSA) is 67.2 Å². The van der Waals surface area contributed by atoms with Gasteiger partial charge in [-0.05, 0) is 39.8 Å². The molecular weight excluding hydrogens is 352 g/mol. The molecule has 1 unspecified atom stereocenters. The lowest BCUT2D eigenvalue weighted by atomic mass is 10.1. The van der Waals surface area contributed by atoms with Crippen LogP contribution in [0.1, 0.15) is 39.4 Å². The summed E-state index contributed by atoms with van der Waals surface area (Å²) in [4.78, 5) is 27.6. The molecule has 0 saturated carbocycles. The highest BCUT2D eigenvalue weighted by molar-refractivity contribution is 6.31. The molecule has 1 aliphatic heterocycles. The minimum absolute atomic E-state index is 0.302. The maximum absolute atomic E-state index is 13.2. The Bertz CT molecular complexity index is 881. The van der Waals surface area contributed by atoms with Crippen molar-refractivity contribution in [3.63, 3.8) is 0 Å². The Hall–Kier alpha value is -2.60. The zero-order valence-corrected chi connectivity index (χ0v) is 15.9. The maximum atomic E-state index is 13.2. The monoisotopic (exact) mass is 372 g/mol. The molecule has 0 radical (unpaired) electrons. The Kier molecular flexibility index (Phi) is 4.63. The fourth-order valence-electron chi connectivity index (χ4n) is 2.97.